The van der Waals surface area contributed by atoms with Gasteiger partial charge in [-0.15, -0.1) is 0 Å². The lowest BCUT2D eigenvalue weighted by atomic mass is 9.94. The number of benzene rings is 1. The Balaban J connectivity index is 2.48. The fourth-order valence-corrected chi connectivity index (χ4v) is 2.65. The van der Waals surface area contributed by atoms with Crippen LogP contribution in [0.5, 0.6) is 0 Å². The summed E-state index contributed by atoms with van der Waals surface area (Å²) in [6.45, 7) is 4.50. The molecule has 1 unspecified atom stereocenters. The average molecular weight is 246 g/mol. The molecule has 0 aromatic heterocycles. The first-order chi connectivity index (χ1) is 8.52. The summed E-state index contributed by atoms with van der Waals surface area (Å²) in [5.74, 6) is -0.441. The van der Waals surface area contributed by atoms with Crippen molar-refractivity contribution in [3.8, 4) is 0 Å². The molecule has 1 aliphatic heterocycles. The molecular formula is C14H18N2O2. The Bertz CT molecular complexity index is 476. The van der Waals surface area contributed by atoms with E-state index in [2.05, 4.69) is 0 Å². The van der Waals surface area contributed by atoms with Crippen molar-refractivity contribution in [2.75, 3.05) is 6.54 Å². The molecule has 1 aromatic carbocycles. The van der Waals surface area contributed by atoms with E-state index < -0.39 is 11.9 Å². The molecule has 2 rings (SSSR count). The maximum absolute atomic E-state index is 11.8. The fourth-order valence-electron chi connectivity index (χ4n) is 2.65. The van der Waals surface area contributed by atoms with E-state index in [4.69, 9.17) is 5.73 Å². The zero-order valence-electron chi connectivity index (χ0n) is 10.8. The normalized spacial score (nSPS) is 17.0. The van der Waals surface area contributed by atoms with Crippen molar-refractivity contribution < 1.29 is 9.59 Å². The first-order valence-corrected chi connectivity index (χ1v) is 6.17. The molecule has 1 saturated heterocycles. The van der Waals surface area contributed by atoms with Gasteiger partial charge < -0.3 is 10.6 Å². The molecule has 2 N–H and O–H groups in total. The van der Waals surface area contributed by atoms with Crippen LogP contribution < -0.4 is 5.73 Å². The van der Waals surface area contributed by atoms with Gasteiger partial charge in [0, 0.05) is 13.0 Å². The molecule has 4 nitrogen and oxygen atoms in total. The Labute approximate surface area is 107 Å². The zero-order chi connectivity index (χ0) is 13.3. The number of hydrogen-bond donors (Lipinski definition) is 1. The summed E-state index contributed by atoms with van der Waals surface area (Å²) in [4.78, 5) is 25.2. The number of rotatable bonds is 3. The van der Waals surface area contributed by atoms with Crippen molar-refractivity contribution in [1.82, 2.24) is 4.90 Å². The molecule has 1 aliphatic rings. The van der Waals surface area contributed by atoms with Gasteiger partial charge in [-0.25, -0.2) is 0 Å². The number of hydrogen-bond acceptors (Lipinski definition) is 2. The van der Waals surface area contributed by atoms with Gasteiger partial charge in [-0.3, -0.25) is 9.59 Å². The highest BCUT2D eigenvalue weighted by molar-refractivity contribution is 5.89. The van der Waals surface area contributed by atoms with Crippen LogP contribution in [0, 0.1) is 13.8 Å². The van der Waals surface area contributed by atoms with Gasteiger partial charge in [0.1, 0.15) is 6.04 Å². The average Bonchev–Trinajstić information content (AvgIpc) is 2.69. The summed E-state index contributed by atoms with van der Waals surface area (Å²) in [6.07, 6.45) is 1.31. The van der Waals surface area contributed by atoms with E-state index in [9.17, 15) is 9.59 Å². The molecule has 4 heteroatoms. The molecular weight excluding hydrogens is 228 g/mol. The lowest BCUT2D eigenvalue weighted by Gasteiger charge is -2.28. The first-order valence-electron chi connectivity index (χ1n) is 6.17. The molecule has 1 heterocycles. The van der Waals surface area contributed by atoms with Crippen LogP contribution in [0.3, 0.4) is 0 Å². The number of carbonyl (C=O) groups excluding carboxylic acids is 2. The second kappa shape index (κ2) is 4.80. The molecule has 96 valence electrons. The second-order valence-electron chi connectivity index (χ2n) is 4.80. The first kappa shape index (κ1) is 12.6. The Morgan fingerprint density at radius 1 is 1.33 bits per heavy atom. The number of amides is 2. The van der Waals surface area contributed by atoms with Gasteiger partial charge in [-0.1, -0.05) is 18.2 Å². The van der Waals surface area contributed by atoms with Crippen LogP contribution in [-0.4, -0.2) is 23.3 Å². The Morgan fingerprint density at radius 2 is 1.94 bits per heavy atom. The zero-order valence-corrected chi connectivity index (χ0v) is 10.8. The van der Waals surface area contributed by atoms with Crippen molar-refractivity contribution in [3.63, 3.8) is 0 Å². The minimum Gasteiger partial charge on any atom is -0.368 e. The summed E-state index contributed by atoms with van der Waals surface area (Å²) in [5, 5.41) is 0. The van der Waals surface area contributed by atoms with Gasteiger partial charge >= 0.3 is 0 Å². The highest BCUT2D eigenvalue weighted by Crippen LogP contribution is 2.30. The molecule has 0 saturated carbocycles. The molecule has 0 bridgehead atoms. The molecule has 0 aliphatic carbocycles. The second-order valence-corrected chi connectivity index (χ2v) is 4.80. The maximum Gasteiger partial charge on any atom is 0.244 e. The van der Waals surface area contributed by atoms with Crippen molar-refractivity contribution in [3.05, 3.63) is 34.9 Å². The van der Waals surface area contributed by atoms with Crippen LogP contribution in [0.1, 0.15) is 35.6 Å². The third-order valence-corrected chi connectivity index (χ3v) is 3.51. The largest absolute Gasteiger partial charge is 0.368 e. The van der Waals surface area contributed by atoms with Gasteiger partial charge in [-0.2, -0.15) is 0 Å². The predicted molar refractivity (Wildman–Crippen MR) is 68.8 cm³/mol. The van der Waals surface area contributed by atoms with Gasteiger partial charge in [0.15, 0.2) is 0 Å². The van der Waals surface area contributed by atoms with E-state index in [0.717, 1.165) is 23.1 Å². The van der Waals surface area contributed by atoms with Gasteiger partial charge in [0.05, 0.1) is 0 Å². The molecule has 1 fully saturated rings. The van der Waals surface area contributed by atoms with Crippen molar-refractivity contribution in [2.45, 2.75) is 32.7 Å². The third kappa shape index (κ3) is 2.10. The summed E-state index contributed by atoms with van der Waals surface area (Å²) in [6, 6.07) is 5.21. The summed E-state index contributed by atoms with van der Waals surface area (Å²) in [5.41, 5.74) is 8.39. The van der Waals surface area contributed by atoms with Crippen molar-refractivity contribution in [2.24, 2.45) is 5.73 Å². The SMILES string of the molecule is Cc1cccc(C)c1C(C(N)=O)N1CCCC1=O. The number of likely N-dealkylation sites (tertiary alicyclic amines) is 1. The van der Waals surface area contributed by atoms with Crippen LogP contribution >= 0.6 is 0 Å². The lowest BCUT2D eigenvalue weighted by molar-refractivity contribution is -0.136. The standard InChI is InChI=1S/C14H18N2O2/c1-9-5-3-6-10(2)12(9)13(14(15)18)16-8-4-7-11(16)17/h3,5-6,13H,4,7-8H2,1-2H3,(H2,15,18). The Kier molecular flexibility index (Phi) is 3.36. The lowest BCUT2D eigenvalue weighted by Crippen LogP contribution is -2.39. The molecule has 1 aromatic rings. The van der Waals surface area contributed by atoms with Crippen molar-refractivity contribution in [1.29, 1.82) is 0 Å². The van der Waals surface area contributed by atoms with Crippen LogP contribution in [-0.2, 0) is 9.59 Å². The maximum atomic E-state index is 11.8. The van der Waals surface area contributed by atoms with Crippen LogP contribution in [0.15, 0.2) is 18.2 Å². The summed E-state index contributed by atoms with van der Waals surface area (Å²) < 4.78 is 0. The highest BCUT2D eigenvalue weighted by atomic mass is 16.2. The number of carbonyl (C=O) groups is 2. The summed E-state index contributed by atoms with van der Waals surface area (Å²) in [7, 11) is 0. The quantitative estimate of drug-likeness (QED) is 0.877. The smallest absolute Gasteiger partial charge is 0.244 e. The topological polar surface area (TPSA) is 63.4 Å². The number of primary amides is 1. The molecule has 0 radical (unpaired) electrons. The molecule has 1 atom stereocenters. The predicted octanol–water partition coefficient (Wildman–Crippen LogP) is 1.45. The van der Waals surface area contributed by atoms with Gasteiger partial charge in [0.2, 0.25) is 11.8 Å². The number of nitrogens with two attached hydrogens (primary N) is 1. The highest BCUT2D eigenvalue weighted by Gasteiger charge is 2.34. The fraction of sp³-hybridized carbons (Fsp3) is 0.429. The van der Waals surface area contributed by atoms with E-state index >= 15 is 0 Å². The monoisotopic (exact) mass is 246 g/mol. The van der Waals surface area contributed by atoms with E-state index in [0.29, 0.717) is 13.0 Å². The van der Waals surface area contributed by atoms with E-state index in [1.165, 1.54) is 0 Å². The third-order valence-electron chi connectivity index (χ3n) is 3.51. The Hall–Kier alpha value is -1.84. The van der Waals surface area contributed by atoms with Gasteiger partial charge in [0.25, 0.3) is 0 Å². The summed E-state index contributed by atoms with van der Waals surface area (Å²) >= 11 is 0. The number of nitrogens with zero attached hydrogens (tertiary/aromatic N) is 1. The minimum atomic E-state index is -0.624. The number of aryl methyl sites for hydroxylation is 2. The minimum absolute atomic E-state index is 0.0152. The van der Waals surface area contributed by atoms with Crippen LogP contribution in [0.25, 0.3) is 0 Å². The van der Waals surface area contributed by atoms with Crippen LogP contribution in [0.2, 0.25) is 0 Å². The Morgan fingerprint density at radius 3 is 2.39 bits per heavy atom. The molecule has 18 heavy (non-hydrogen) atoms. The molecule has 0 spiro atoms. The van der Waals surface area contributed by atoms with E-state index in [1.807, 2.05) is 32.0 Å². The molecule has 2 amide bonds. The van der Waals surface area contributed by atoms with E-state index in [-0.39, 0.29) is 5.91 Å². The van der Waals surface area contributed by atoms with Crippen molar-refractivity contribution >= 4 is 11.8 Å². The van der Waals surface area contributed by atoms with E-state index in [1.54, 1.807) is 4.90 Å². The van der Waals surface area contributed by atoms with Crippen LogP contribution in [0.4, 0.5) is 0 Å². The van der Waals surface area contributed by atoms with Gasteiger partial charge in [-0.05, 0) is 37.0 Å².